The summed E-state index contributed by atoms with van der Waals surface area (Å²) in [5, 5.41) is 5.17. The van der Waals surface area contributed by atoms with Crippen LogP contribution in [0.5, 0.6) is 0 Å². The molecule has 0 N–H and O–H groups in total. The number of methoxy groups -OCH3 is 1. The number of amides is 1. The molecule has 1 amide bonds. The summed E-state index contributed by atoms with van der Waals surface area (Å²) in [5.74, 6) is 0.158. The second-order valence-corrected chi connectivity index (χ2v) is 9.67. The van der Waals surface area contributed by atoms with Gasteiger partial charge in [0.25, 0.3) is 5.91 Å². The zero-order chi connectivity index (χ0) is 23.8. The first-order valence-electron chi connectivity index (χ1n) is 12.2. The molecule has 3 aromatic rings. The van der Waals surface area contributed by atoms with Crippen molar-refractivity contribution in [1.82, 2.24) is 19.5 Å². The van der Waals surface area contributed by atoms with Crippen LogP contribution in [-0.4, -0.2) is 65.3 Å². The molecule has 182 valence electrons. The number of carbonyl (C=O) groups excluding carboxylic acids is 1. The molecule has 2 aromatic heterocycles. The van der Waals surface area contributed by atoms with E-state index in [-0.39, 0.29) is 17.8 Å². The van der Waals surface area contributed by atoms with Gasteiger partial charge in [-0.2, -0.15) is 0 Å². The summed E-state index contributed by atoms with van der Waals surface area (Å²) in [6.45, 7) is 6.42. The predicted octanol–water partition coefficient (Wildman–Crippen LogP) is 4.42. The molecule has 1 unspecified atom stereocenters. The van der Waals surface area contributed by atoms with Crippen LogP contribution in [0.15, 0.2) is 28.9 Å². The van der Waals surface area contributed by atoms with E-state index >= 15 is 0 Å². The van der Waals surface area contributed by atoms with Crippen molar-refractivity contribution in [2.24, 2.45) is 7.05 Å². The highest BCUT2D eigenvalue weighted by atomic mass is 19.1. The molecule has 5 rings (SSSR count). The maximum Gasteiger partial charge on any atom is 0.256 e. The van der Waals surface area contributed by atoms with Crippen LogP contribution in [0.25, 0.3) is 11.0 Å². The van der Waals surface area contributed by atoms with E-state index in [9.17, 15) is 9.18 Å². The fraction of sp³-hybridized carbons (Fsp3) is 0.538. The van der Waals surface area contributed by atoms with Gasteiger partial charge in [-0.15, -0.1) is 0 Å². The fourth-order valence-electron chi connectivity index (χ4n) is 5.72. The van der Waals surface area contributed by atoms with Crippen LogP contribution in [0, 0.1) is 12.7 Å². The van der Waals surface area contributed by atoms with Crippen LogP contribution in [0.4, 0.5) is 4.39 Å². The molecule has 0 radical (unpaired) electrons. The summed E-state index contributed by atoms with van der Waals surface area (Å²) in [7, 11) is 3.71. The number of aromatic nitrogens is 2. The predicted molar refractivity (Wildman–Crippen MR) is 127 cm³/mol. The van der Waals surface area contributed by atoms with Gasteiger partial charge < -0.3 is 23.6 Å². The third kappa shape index (κ3) is 4.25. The molecular weight excluding hydrogens is 435 g/mol. The number of benzene rings is 1. The normalized spacial score (nSPS) is 20.2. The quantitative estimate of drug-likeness (QED) is 0.536. The average molecular weight is 469 g/mol. The topological polar surface area (TPSA) is 63.7 Å². The van der Waals surface area contributed by atoms with Crippen molar-refractivity contribution in [3.8, 4) is 0 Å². The Hall–Kier alpha value is -2.71. The van der Waals surface area contributed by atoms with E-state index in [1.165, 1.54) is 12.1 Å². The minimum atomic E-state index is -0.302. The molecule has 7 nitrogen and oxygen atoms in total. The first-order chi connectivity index (χ1) is 16.5. The number of fused-ring (bicyclic) bond motifs is 2. The molecule has 4 heterocycles. The Kier molecular flexibility index (Phi) is 6.44. The van der Waals surface area contributed by atoms with E-state index in [0.29, 0.717) is 18.0 Å². The standard InChI is InChI=1S/C26H33FN4O3/c1-17-16-29(2)25-21(33-3)9-14-31(26(32)23(17)25)11-4-10-30-12-7-18(8-13-30)24-20-6-5-19(27)15-22(20)34-28-24/h5-6,15-16,18,21H,4,7-14H2,1-3H3. The Morgan fingerprint density at radius 1 is 1.18 bits per heavy atom. The van der Waals surface area contributed by atoms with Gasteiger partial charge >= 0.3 is 0 Å². The summed E-state index contributed by atoms with van der Waals surface area (Å²) in [6.07, 6.45) is 5.74. The van der Waals surface area contributed by atoms with Gasteiger partial charge in [-0.3, -0.25) is 4.79 Å². The van der Waals surface area contributed by atoms with Gasteiger partial charge in [-0.25, -0.2) is 4.39 Å². The number of aryl methyl sites for hydroxylation is 2. The molecule has 1 fully saturated rings. The Balaban J connectivity index is 1.15. The van der Waals surface area contributed by atoms with Gasteiger partial charge in [0.05, 0.1) is 23.1 Å². The largest absolute Gasteiger partial charge is 0.375 e. The van der Waals surface area contributed by atoms with E-state index in [1.807, 2.05) is 29.6 Å². The summed E-state index contributed by atoms with van der Waals surface area (Å²) < 4.78 is 26.6. The van der Waals surface area contributed by atoms with Gasteiger partial charge in [0, 0.05) is 50.8 Å². The minimum Gasteiger partial charge on any atom is -0.375 e. The summed E-state index contributed by atoms with van der Waals surface area (Å²) in [5.41, 5.74) is 4.30. The SMILES string of the molecule is COC1CCN(CCCN2CCC(c3noc4cc(F)ccc34)CC2)C(=O)c2c(C)cn(C)c21. The Labute approximate surface area is 199 Å². The van der Waals surface area contributed by atoms with Gasteiger partial charge in [0.1, 0.15) is 5.82 Å². The smallest absolute Gasteiger partial charge is 0.256 e. The number of carbonyl (C=O) groups is 1. The molecule has 2 aliphatic rings. The van der Waals surface area contributed by atoms with Crippen LogP contribution < -0.4 is 0 Å². The van der Waals surface area contributed by atoms with Crippen LogP contribution in [-0.2, 0) is 11.8 Å². The number of halogens is 1. The number of nitrogens with zero attached hydrogens (tertiary/aromatic N) is 4. The number of hydrogen-bond acceptors (Lipinski definition) is 5. The first-order valence-corrected chi connectivity index (χ1v) is 12.2. The minimum absolute atomic E-state index is 0.0502. The molecule has 0 bridgehead atoms. The Morgan fingerprint density at radius 3 is 2.74 bits per heavy atom. The van der Waals surface area contributed by atoms with E-state index < -0.39 is 0 Å². The van der Waals surface area contributed by atoms with Crippen LogP contribution >= 0.6 is 0 Å². The molecule has 34 heavy (non-hydrogen) atoms. The lowest BCUT2D eigenvalue weighted by atomic mass is 9.91. The lowest BCUT2D eigenvalue weighted by molar-refractivity contribution is 0.0686. The van der Waals surface area contributed by atoms with Crippen molar-refractivity contribution in [1.29, 1.82) is 0 Å². The van der Waals surface area contributed by atoms with Crippen molar-refractivity contribution in [3.05, 3.63) is 52.7 Å². The van der Waals surface area contributed by atoms with Crippen molar-refractivity contribution in [2.75, 3.05) is 39.8 Å². The highest BCUT2D eigenvalue weighted by Crippen LogP contribution is 2.34. The zero-order valence-corrected chi connectivity index (χ0v) is 20.2. The van der Waals surface area contributed by atoms with Crippen molar-refractivity contribution < 1.29 is 18.4 Å². The van der Waals surface area contributed by atoms with Crippen LogP contribution in [0.2, 0.25) is 0 Å². The first kappa shape index (κ1) is 23.1. The van der Waals surface area contributed by atoms with Crippen molar-refractivity contribution >= 4 is 16.9 Å². The monoisotopic (exact) mass is 468 g/mol. The number of ether oxygens (including phenoxy) is 1. The molecule has 1 atom stereocenters. The lowest BCUT2D eigenvalue weighted by Gasteiger charge is -2.31. The van der Waals surface area contributed by atoms with Gasteiger partial charge in [0.15, 0.2) is 5.58 Å². The maximum absolute atomic E-state index is 13.4. The van der Waals surface area contributed by atoms with Crippen LogP contribution in [0.1, 0.15) is 65.0 Å². The maximum atomic E-state index is 13.4. The molecule has 1 saturated heterocycles. The molecule has 0 aliphatic carbocycles. The Morgan fingerprint density at radius 2 is 1.97 bits per heavy atom. The zero-order valence-electron chi connectivity index (χ0n) is 20.2. The third-order valence-electron chi connectivity index (χ3n) is 7.51. The summed E-state index contributed by atoms with van der Waals surface area (Å²) in [4.78, 5) is 17.8. The highest BCUT2D eigenvalue weighted by molar-refractivity contribution is 5.97. The van der Waals surface area contributed by atoms with Gasteiger partial charge in [0.2, 0.25) is 0 Å². The fourth-order valence-corrected chi connectivity index (χ4v) is 5.72. The lowest BCUT2D eigenvalue weighted by Crippen LogP contribution is -2.37. The second kappa shape index (κ2) is 9.50. The molecule has 2 aliphatic heterocycles. The Bertz CT molecular complexity index is 1180. The van der Waals surface area contributed by atoms with Crippen molar-refractivity contribution in [2.45, 2.75) is 44.6 Å². The highest BCUT2D eigenvalue weighted by Gasteiger charge is 2.32. The van der Waals surface area contributed by atoms with Gasteiger partial charge in [-0.1, -0.05) is 5.16 Å². The average Bonchev–Trinajstić information content (AvgIpc) is 3.33. The molecule has 0 spiro atoms. The molecule has 0 saturated carbocycles. The van der Waals surface area contributed by atoms with E-state index in [0.717, 1.165) is 79.8 Å². The van der Waals surface area contributed by atoms with E-state index in [1.54, 1.807) is 13.2 Å². The summed E-state index contributed by atoms with van der Waals surface area (Å²) >= 11 is 0. The molecule has 1 aromatic carbocycles. The van der Waals surface area contributed by atoms with Gasteiger partial charge in [-0.05, 0) is 69.9 Å². The number of piperidine rings is 1. The summed E-state index contributed by atoms with van der Waals surface area (Å²) in [6, 6.07) is 4.64. The molecule has 8 heteroatoms. The van der Waals surface area contributed by atoms with E-state index in [2.05, 4.69) is 10.1 Å². The second-order valence-electron chi connectivity index (χ2n) is 9.67. The third-order valence-corrected chi connectivity index (χ3v) is 7.51. The number of hydrogen-bond donors (Lipinski definition) is 0. The van der Waals surface area contributed by atoms with E-state index in [4.69, 9.17) is 9.26 Å². The number of rotatable bonds is 6. The van der Waals surface area contributed by atoms with Crippen LogP contribution in [0.3, 0.4) is 0 Å². The van der Waals surface area contributed by atoms with Crippen molar-refractivity contribution in [3.63, 3.8) is 0 Å². The molecular formula is C26H33FN4O3. The number of likely N-dealkylation sites (tertiary alicyclic amines) is 1.